The monoisotopic (exact) mass is 332 g/mol. The number of hydrogen-bond donors (Lipinski definition) is 1. The molecule has 1 amide bonds. The molecule has 1 saturated heterocycles. The Kier molecular flexibility index (Phi) is 5.08. The van der Waals surface area contributed by atoms with Gasteiger partial charge in [-0.1, -0.05) is 18.2 Å². The molecule has 2 aromatic rings. The van der Waals surface area contributed by atoms with Crippen LogP contribution in [0.2, 0.25) is 0 Å². The van der Waals surface area contributed by atoms with Crippen molar-refractivity contribution < 1.29 is 9.18 Å². The third-order valence-electron chi connectivity index (χ3n) is 4.46. The molecular formula is C18H21FN2OS. The van der Waals surface area contributed by atoms with E-state index in [2.05, 4.69) is 10.2 Å². The second kappa shape index (κ2) is 7.23. The number of hydrogen-bond acceptors (Lipinski definition) is 3. The Labute approximate surface area is 140 Å². The van der Waals surface area contributed by atoms with Gasteiger partial charge in [0.15, 0.2) is 0 Å². The zero-order valence-electron chi connectivity index (χ0n) is 13.2. The topological polar surface area (TPSA) is 32.3 Å². The van der Waals surface area contributed by atoms with Crippen molar-refractivity contribution in [3.63, 3.8) is 0 Å². The van der Waals surface area contributed by atoms with E-state index in [9.17, 15) is 9.18 Å². The van der Waals surface area contributed by atoms with Crippen molar-refractivity contribution in [3.8, 4) is 10.4 Å². The van der Waals surface area contributed by atoms with E-state index in [0.717, 1.165) is 41.9 Å². The molecule has 0 bridgehead atoms. The number of carbonyl (C=O) groups is 1. The first-order valence-corrected chi connectivity index (χ1v) is 8.81. The van der Waals surface area contributed by atoms with Crippen molar-refractivity contribution in [1.82, 2.24) is 10.2 Å². The maximum atomic E-state index is 14.4. The molecule has 1 N–H and O–H groups in total. The first-order valence-electron chi connectivity index (χ1n) is 7.93. The van der Waals surface area contributed by atoms with E-state index in [1.54, 1.807) is 24.5 Å². The van der Waals surface area contributed by atoms with Crippen LogP contribution < -0.4 is 5.32 Å². The summed E-state index contributed by atoms with van der Waals surface area (Å²) >= 11 is 1.62. The van der Waals surface area contributed by atoms with Crippen LogP contribution in [-0.4, -0.2) is 30.9 Å². The van der Waals surface area contributed by atoms with Crippen LogP contribution >= 0.6 is 11.3 Å². The number of likely N-dealkylation sites (tertiary alicyclic amines) is 1. The number of benzene rings is 1. The predicted octanol–water partition coefficient (Wildman–Crippen LogP) is 3.51. The van der Waals surface area contributed by atoms with Gasteiger partial charge >= 0.3 is 0 Å². The molecule has 1 aromatic carbocycles. The second-order valence-corrected chi connectivity index (χ2v) is 6.90. The predicted molar refractivity (Wildman–Crippen MR) is 91.8 cm³/mol. The first kappa shape index (κ1) is 16.1. The van der Waals surface area contributed by atoms with Crippen molar-refractivity contribution in [3.05, 3.63) is 47.1 Å². The number of nitrogens with one attached hydrogen (secondary N) is 1. The van der Waals surface area contributed by atoms with E-state index in [1.165, 1.54) is 0 Å². The second-order valence-electron chi connectivity index (χ2n) is 5.95. The fourth-order valence-electron chi connectivity index (χ4n) is 3.07. The number of rotatable bonds is 4. The van der Waals surface area contributed by atoms with Gasteiger partial charge in [0.2, 0.25) is 5.91 Å². The summed E-state index contributed by atoms with van der Waals surface area (Å²) in [7, 11) is 1.68. The minimum Gasteiger partial charge on any atom is -0.359 e. The average Bonchev–Trinajstić information content (AvgIpc) is 3.11. The number of thiophene rings is 1. The number of amides is 1. The lowest BCUT2D eigenvalue weighted by Crippen LogP contribution is -2.39. The molecule has 0 aliphatic carbocycles. The van der Waals surface area contributed by atoms with Gasteiger partial charge in [-0.15, -0.1) is 11.3 Å². The Balaban J connectivity index is 1.62. The van der Waals surface area contributed by atoms with Crippen LogP contribution in [0.1, 0.15) is 18.4 Å². The summed E-state index contributed by atoms with van der Waals surface area (Å²) in [4.78, 5) is 15.0. The van der Waals surface area contributed by atoms with Gasteiger partial charge in [0.1, 0.15) is 5.82 Å². The quantitative estimate of drug-likeness (QED) is 0.929. The molecule has 1 aliphatic rings. The van der Waals surface area contributed by atoms with Gasteiger partial charge in [-0.25, -0.2) is 4.39 Å². The molecule has 1 aliphatic heterocycles. The van der Waals surface area contributed by atoms with Gasteiger partial charge in [-0.2, -0.15) is 0 Å². The van der Waals surface area contributed by atoms with E-state index in [4.69, 9.17) is 0 Å². The highest BCUT2D eigenvalue weighted by Gasteiger charge is 2.24. The van der Waals surface area contributed by atoms with Gasteiger partial charge in [0, 0.05) is 30.0 Å². The van der Waals surface area contributed by atoms with E-state index >= 15 is 0 Å². The standard InChI is InChI=1S/C18H21FN2OS/c1-20-18(22)13-6-8-21(9-7-13)12-15-5-4-14(11-16(15)19)17-3-2-10-23-17/h2-5,10-11,13H,6-9,12H2,1H3,(H,20,22). The minimum absolute atomic E-state index is 0.0994. The Hall–Kier alpha value is -1.72. The van der Waals surface area contributed by atoms with Gasteiger partial charge in [-0.05, 0) is 49.0 Å². The van der Waals surface area contributed by atoms with Gasteiger partial charge in [-0.3, -0.25) is 9.69 Å². The lowest BCUT2D eigenvalue weighted by atomic mass is 9.95. The van der Waals surface area contributed by atoms with Gasteiger partial charge in [0.25, 0.3) is 0 Å². The first-order chi connectivity index (χ1) is 11.2. The summed E-state index contributed by atoms with van der Waals surface area (Å²) in [6, 6.07) is 9.47. The molecule has 122 valence electrons. The van der Waals surface area contributed by atoms with Crippen molar-refractivity contribution in [2.75, 3.05) is 20.1 Å². The Morgan fingerprint density at radius 1 is 1.35 bits per heavy atom. The largest absolute Gasteiger partial charge is 0.359 e. The summed E-state index contributed by atoms with van der Waals surface area (Å²) in [5, 5.41) is 4.71. The number of halogens is 1. The molecule has 2 heterocycles. The fourth-order valence-corrected chi connectivity index (χ4v) is 3.79. The van der Waals surface area contributed by atoms with E-state index in [0.29, 0.717) is 6.54 Å². The smallest absolute Gasteiger partial charge is 0.222 e. The van der Waals surface area contributed by atoms with Crippen LogP contribution in [0.25, 0.3) is 10.4 Å². The zero-order chi connectivity index (χ0) is 16.2. The summed E-state index contributed by atoms with van der Waals surface area (Å²) in [6.45, 7) is 2.28. The molecule has 23 heavy (non-hydrogen) atoms. The molecule has 0 radical (unpaired) electrons. The minimum atomic E-state index is -0.149. The third-order valence-corrected chi connectivity index (χ3v) is 5.38. The Bertz CT molecular complexity index is 664. The molecule has 1 aromatic heterocycles. The maximum absolute atomic E-state index is 14.4. The number of piperidine rings is 1. The van der Waals surface area contributed by atoms with E-state index < -0.39 is 0 Å². The summed E-state index contributed by atoms with van der Waals surface area (Å²) in [6.07, 6.45) is 1.68. The van der Waals surface area contributed by atoms with Gasteiger partial charge < -0.3 is 5.32 Å². The molecule has 1 fully saturated rings. The highest BCUT2D eigenvalue weighted by Crippen LogP contribution is 2.27. The van der Waals surface area contributed by atoms with Crippen molar-refractivity contribution in [1.29, 1.82) is 0 Å². The van der Waals surface area contributed by atoms with Crippen LogP contribution in [0.4, 0.5) is 4.39 Å². The summed E-state index contributed by atoms with van der Waals surface area (Å²) in [5.74, 6) is 0.0720. The molecule has 3 rings (SSSR count). The van der Waals surface area contributed by atoms with Crippen molar-refractivity contribution >= 4 is 17.2 Å². The molecule has 0 saturated carbocycles. The highest BCUT2D eigenvalue weighted by molar-refractivity contribution is 7.13. The normalized spacial score (nSPS) is 16.4. The molecule has 0 atom stereocenters. The maximum Gasteiger partial charge on any atom is 0.222 e. The Morgan fingerprint density at radius 2 is 2.13 bits per heavy atom. The van der Waals surface area contributed by atoms with Crippen LogP contribution in [0, 0.1) is 11.7 Å². The molecule has 0 unspecified atom stereocenters. The third kappa shape index (κ3) is 3.79. The van der Waals surface area contributed by atoms with Crippen LogP contribution in [0.15, 0.2) is 35.7 Å². The molecule has 0 spiro atoms. The van der Waals surface area contributed by atoms with Crippen LogP contribution in [0.5, 0.6) is 0 Å². The van der Waals surface area contributed by atoms with Crippen molar-refractivity contribution in [2.45, 2.75) is 19.4 Å². The summed E-state index contributed by atoms with van der Waals surface area (Å²) in [5.41, 5.74) is 1.66. The SMILES string of the molecule is CNC(=O)C1CCN(Cc2ccc(-c3cccs3)cc2F)CC1. The lowest BCUT2D eigenvalue weighted by molar-refractivity contribution is -0.125. The van der Waals surface area contributed by atoms with Crippen molar-refractivity contribution in [2.24, 2.45) is 5.92 Å². The fraction of sp³-hybridized carbons (Fsp3) is 0.389. The van der Waals surface area contributed by atoms with E-state index in [1.807, 2.05) is 29.6 Å². The number of carbonyl (C=O) groups excluding carboxylic acids is 1. The molecule has 3 nitrogen and oxygen atoms in total. The van der Waals surface area contributed by atoms with E-state index in [-0.39, 0.29) is 17.6 Å². The number of nitrogens with zero attached hydrogens (tertiary/aromatic N) is 1. The van der Waals surface area contributed by atoms with Crippen LogP contribution in [-0.2, 0) is 11.3 Å². The molecular weight excluding hydrogens is 311 g/mol. The average molecular weight is 332 g/mol. The molecule has 5 heteroatoms. The Morgan fingerprint density at radius 3 is 2.74 bits per heavy atom. The lowest BCUT2D eigenvalue weighted by Gasteiger charge is -2.31. The highest BCUT2D eigenvalue weighted by atomic mass is 32.1. The van der Waals surface area contributed by atoms with Crippen LogP contribution in [0.3, 0.4) is 0 Å². The summed E-state index contributed by atoms with van der Waals surface area (Å²) < 4.78 is 14.4. The zero-order valence-corrected chi connectivity index (χ0v) is 14.0. The van der Waals surface area contributed by atoms with Gasteiger partial charge in [0.05, 0.1) is 0 Å².